The summed E-state index contributed by atoms with van der Waals surface area (Å²) in [6, 6.07) is 17.9. The van der Waals surface area contributed by atoms with Crippen LogP contribution in [0, 0.1) is 0 Å². The van der Waals surface area contributed by atoms with Gasteiger partial charge in [-0.25, -0.2) is 0 Å². The van der Waals surface area contributed by atoms with Gasteiger partial charge in [0.05, 0.1) is 11.6 Å². The molecular weight excluding hydrogens is 392 g/mol. The minimum absolute atomic E-state index is 0.00768. The molecule has 1 fully saturated rings. The molecule has 1 aliphatic heterocycles. The molecule has 158 valence electrons. The van der Waals surface area contributed by atoms with E-state index in [-0.39, 0.29) is 17.9 Å². The number of amides is 2. The molecule has 0 aliphatic carbocycles. The van der Waals surface area contributed by atoms with Crippen LogP contribution in [0.4, 0.5) is 11.4 Å². The highest BCUT2D eigenvalue weighted by molar-refractivity contribution is 6.05. The zero-order valence-corrected chi connectivity index (χ0v) is 17.2. The monoisotopic (exact) mass is 416 g/mol. The lowest BCUT2D eigenvalue weighted by Gasteiger charge is -2.17. The number of ether oxygens (including phenoxy) is 1. The summed E-state index contributed by atoms with van der Waals surface area (Å²) in [6.45, 7) is 0.886. The molecule has 2 aromatic carbocycles. The highest BCUT2D eigenvalue weighted by Gasteiger charge is 2.21. The van der Waals surface area contributed by atoms with Crippen molar-refractivity contribution < 1.29 is 14.3 Å². The molecule has 0 radical (unpaired) electrons. The van der Waals surface area contributed by atoms with Crippen LogP contribution in [0.15, 0.2) is 73.1 Å². The molecule has 7 heteroatoms. The van der Waals surface area contributed by atoms with Gasteiger partial charge in [0.1, 0.15) is 11.5 Å². The van der Waals surface area contributed by atoms with E-state index in [0.717, 1.165) is 30.8 Å². The predicted octanol–water partition coefficient (Wildman–Crippen LogP) is 3.84. The van der Waals surface area contributed by atoms with E-state index in [9.17, 15) is 9.59 Å². The Kier molecular flexibility index (Phi) is 6.24. The first-order valence-corrected chi connectivity index (χ1v) is 10.2. The Balaban J connectivity index is 1.35. The molecule has 1 atom stereocenters. The van der Waals surface area contributed by atoms with Crippen molar-refractivity contribution >= 4 is 23.2 Å². The molecule has 1 saturated heterocycles. The first kappa shape index (κ1) is 20.6. The van der Waals surface area contributed by atoms with E-state index in [4.69, 9.17) is 4.74 Å². The van der Waals surface area contributed by atoms with Gasteiger partial charge in [0.15, 0.2) is 0 Å². The summed E-state index contributed by atoms with van der Waals surface area (Å²) in [4.78, 5) is 30.3. The second kappa shape index (κ2) is 9.40. The van der Waals surface area contributed by atoms with Gasteiger partial charge in [-0.05, 0) is 80.1 Å². The van der Waals surface area contributed by atoms with Gasteiger partial charge >= 0.3 is 0 Å². The average molecular weight is 416 g/mol. The number of hydrogen-bond acceptors (Lipinski definition) is 5. The van der Waals surface area contributed by atoms with Gasteiger partial charge in [0, 0.05) is 30.8 Å². The lowest BCUT2D eigenvalue weighted by atomic mass is 10.2. The summed E-state index contributed by atoms with van der Waals surface area (Å²) >= 11 is 0. The van der Waals surface area contributed by atoms with Crippen molar-refractivity contribution in [2.45, 2.75) is 18.9 Å². The van der Waals surface area contributed by atoms with Gasteiger partial charge in [-0.3, -0.25) is 14.6 Å². The molecule has 31 heavy (non-hydrogen) atoms. The number of rotatable bonds is 6. The van der Waals surface area contributed by atoms with Crippen molar-refractivity contribution in [1.29, 1.82) is 0 Å². The molecule has 2 heterocycles. The lowest BCUT2D eigenvalue weighted by Crippen LogP contribution is -2.35. The highest BCUT2D eigenvalue weighted by Crippen LogP contribution is 2.26. The molecule has 0 spiro atoms. The molecule has 0 unspecified atom stereocenters. The summed E-state index contributed by atoms with van der Waals surface area (Å²) in [5, 5.41) is 6.10. The fraction of sp³-hybridized carbons (Fsp3) is 0.208. The summed E-state index contributed by atoms with van der Waals surface area (Å²) in [5.41, 5.74) is 2.01. The zero-order valence-electron chi connectivity index (χ0n) is 17.2. The standard InChI is InChI=1S/C24H24N4O3/c1-28(24(30)17-4-2-14-25-16-17)19-8-12-21(13-9-19)31-20-10-6-18(7-11-20)27-23(29)22-5-3-15-26-22/h2,4,6-14,16,22,26H,3,5,15H2,1H3,(H,27,29)/t22-/m0/s1. The first-order chi connectivity index (χ1) is 15.1. The fourth-order valence-corrected chi connectivity index (χ4v) is 3.42. The van der Waals surface area contributed by atoms with E-state index in [1.807, 2.05) is 48.5 Å². The molecule has 2 amide bonds. The van der Waals surface area contributed by atoms with Crippen LogP contribution in [0.25, 0.3) is 0 Å². The number of carbonyl (C=O) groups excluding carboxylic acids is 2. The third kappa shape index (κ3) is 5.07. The molecule has 0 bridgehead atoms. The van der Waals surface area contributed by atoms with Gasteiger partial charge in [-0.1, -0.05) is 0 Å². The van der Waals surface area contributed by atoms with Crippen LogP contribution in [-0.4, -0.2) is 36.4 Å². The Morgan fingerprint density at radius 3 is 2.39 bits per heavy atom. The second-order valence-electron chi connectivity index (χ2n) is 7.36. The fourth-order valence-electron chi connectivity index (χ4n) is 3.42. The predicted molar refractivity (Wildman–Crippen MR) is 120 cm³/mol. The summed E-state index contributed by atoms with van der Waals surface area (Å²) in [7, 11) is 1.72. The number of hydrogen-bond donors (Lipinski definition) is 2. The SMILES string of the molecule is CN(C(=O)c1cccnc1)c1ccc(Oc2ccc(NC(=O)[C@@H]3CCCN3)cc2)cc1. The number of nitrogens with zero attached hydrogens (tertiary/aromatic N) is 2. The average Bonchev–Trinajstić information content (AvgIpc) is 3.36. The van der Waals surface area contributed by atoms with Crippen molar-refractivity contribution in [2.24, 2.45) is 0 Å². The second-order valence-corrected chi connectivity index (χ2v) is 7.36. The minimum Gasteiger partial charge on any atom is -0.457 e. The van der Waals surface area contributed by atoms with Crippen molar-refractivity contribution in [3.05, 3.63) is 78.6 Å². The molecular formula is C24H24N4O3. The Morgan fingerprint density at radius 1 is 1.06 bits per heavy atom. The topological polar surface area (TPSA) is 83.6 Å². The van der Waals surface area contributed by atoms with Gasteiger partial charge in [-0.15, -0.1) is 0 Å². The van der Waals surface area contributed by atoms with Gasteiger partial charge < -0.3 is 20.3 Å². The van der Waals surface area contributed by atoms with Gasteiger partial charge in [0.25, 0.3) is 5.91 Å². The maximum Gasteiger partial charge on any atom is 0.259 e. The van der Waals surface area contributed by atoms with Crippen LogP contribution in [0.5, 0.6) is 11.5 Å². The summed E-state index contributed by atoms with van der Waals surface area (Å²) in [6.07, 6.45) is 5.08. The maximum absolute atomic E-state index is 12.5. The first-order valence-electron chi connectivity index (χ1n) is 10.2. The molecule has 3 aromatic rings. The van der Waals surface area contributed by atoms with E-state index in [1.165, 1.54) is 0 Å². The number of anilines is 2. The number of benzene rings is 2. The largest absolute Gasteiger partial charge is 0.457 e. The zero-order chi connectivity index (χ0) is 21.6. The van der Waals surface area contributed by atoms with E-state index in [1.54, 1.807) is 36.5 Å². The quantitative estimate of drug-likeness (QED) is 0.638. The minimum atomic E-state index is -0.132. The van der Waals surface area contributed by atoms with Crippen LogP contribution in [0.2, 0.25) is 0 Å². The smallest absolute Gasteiger partial charge is 0.259 e. The third-order valence-corrected chi connectivity index (χ3v) is 5.17. The Bertz CT molecular complexity index is 1030. The van der Waals surface area contributed by atoms with Crippen molar-refractivity contribution in [1.82, 2.24) is 10.3 Å². The van der Waals surface area contributed by atoms with Crippen LogP contribution >= 0.6 is 0 Å². The molecule has 0 saturated carbocycles. The van der Waals surface area contributed by atoms with E-state index in [0.29, 0.717) is 17.1 Å². The molecule has 2 N–H and O–H groups in total. The Morgan fingerprint density at radius 2 is 1.77 bits per heavy atom. The molecule has 1 aliphatic rings. The maximum atomic E-state index is 12.5. The van der Waals surface area contributed by atoms with Gasteiger partial charge in [-0.2, -0.15) is 0 Å². The summed E-state index contributed by atoms with van der Waals surface area (Å²) in [5.74, 6) is 1.17. The number of pyridine rings is 1. The molecule has 4 rings (SSSR count). The van der Waals surface area contributed by atoms with Crippen LogP contribution in [0.1, 0.15) is 23.2 Å². The number of nitrogens with one attached hydrogen (secondary N) is 2. The van der Waals surface area contributed by atoms with E-state index in [2.05, 4.69) is 15.6 Å². The van der Waals surface area contributed by atoms with Crippen molar-refractivity contribution in [3.63, 3.8) is 0 Å². The molecule has 7 nitrogen and oxygen atoms in total. The van der Waals surface area contributed by atoms with Crippen LogP contribution in [-0.2, 0) is 4.79 Å². The summed E-state index contributed by atoms with van der Waals surface area (Å²) < 4.78 is 5.88. The van der Waals surface area contributed by atoms with Gasteiger partial charge in [0.2, 0.25) is 5.91 Å². The number of aromatic nitrogens is 1. The Labute approximate surface area is 181 Å². The Hall–Kier alpha value is -3.71. The van der Waals surface area contributed by atoms with E-state index >= 15 is 0 Å². The highest BCUT2D eigenvalue weighted by atomic mass is 16.5. The van der Waals surface area contributed by atoms with Crippen molar-refractivity contribution in [3.8, 4) is 11.5 Å². The third-order valence-electron chi connectivity index (χ3n) is 5.17. The van der Waals surface area contributed by atoms with E-state index < -0.39 is 0 Å². The van der Waals surface area contributed by atoms with Crippen LogP contribution < -0.4 is 20.3 Å². The van der Waals surface area contributed by atoms with Crippen LogP contribution in [0.3, 0.4) is 0 Å². The molecule has 1 aromatic heterocycles. The van der Waals surface area contributed by atoms with Crippen molar-refractivity contribution in [2.75, 3.05) is 23.8 Å². The lowest BCUT2D eigenvalue weighted by molar-refractivity contribution is -0.117. The number of carbonyl (C=O) groups is 2. The normalized spacial score (nSPS) is 15.3.